The van der Waals surface area contributed by atoms with Crippen molar-refractivity contribution >= 4 is 15.5 Å². The maximum atomic E-state index is 11.7. The van der Waals surface area contributed by atoms with Crippen LogP contribution in [0.25, 0.3) is 0 Å². The first-order valence-corrected chi connectivity index (χ1v) is 11.8. The van der Waals surface area contributed by atoms with Crippen LogP contribution in [0.1, 0.15) is 70.8 Å². The quantitative estimate of drug-likeness (QED) is 0.548. The van der Waals surface area contributed by atoms with Crippen molar-refractivity contribution < 1.29 is 8.42 Å². The Morgan fingerprint density at radius 3 is 2.12 bits per heavy atom. The molecule has 0 atom stereocenters. The molecule has 1 aliphatic rings. The van der Waals surface area contributed by atoms with Gasteiger partial charge in [-0.05, 0) is 70.1 Å². The molecule has 142 valence electrons. The van der Waals surface area contributed by atoms with Gasteiger partial charge in [0.1, 0.15) is 0 Å². The summed E-state index contributed by atoms with van der Waals surface area (Å²) in [6.45, 7) is 5.94. The van der Waals surface area contributed by atoms with E-state index in [9.17, 15) is 8.42 Å². The monoisotopic (exact) mass is 365 g/mol. The number of aryl methyl sites for hydroxylation is 1. The molecule has 25 heavy (non-hydrogen) atoms. The molecule has 0 radical (unpaired) electrons. The first-order chi connectivity index (χ1) is 12.0. The smallest absolute Gasteiger partial charge is 0.152 e. The molecule has 0 bridgehead atoms. The van der Waals surface area contributed by atoms with Crippen LogP contribution < -0.4 is 4.90 Å². The molecule has 1 aromatic carbocycles. The fraction of sp³-hybridized carbons (Fsp3) is 0.714. The lowest BCUT2D eigenvalue weighted by Gasteiger charge is -2.28. The lowest BCUT2D eigenvalue weighted by atomic mass is 10.0. The maximum Gasteiger partial charge on any atom is 0.152 e. The van der Waals surface area contributed by atoms with E-state index in [2.05, 4.69) is 29.2 Å². The van der Waals surface area contributed by atoms with Crippen LogP contribution in [0, 0.1) is 0 Å². The molecule has 1 fully saturated rings. The fourth-order valence-electron chi connectivity index (χ4n) is 3.42. The van der Waals surface area contributed by atoms with E-state index in [0.717, 1.165) is 25.7 Å². The Morgan fingerprint density at radius 1 is 0.880 bits per heavy atom. The van der Waals surface area contributed by atoms with Crippen molar-refractivity contribution in [2.24, 2.45) is 0 Å². The summed E-state index contributed by atoms with van der Waals surface area (Å²) in [4.78, 5) is 2.50. The Labute approximate surface area is 154 Å². The highest BCUT2D eigenvalue weighted by atomic mass is 32.2. The maximum absolute atomic E-state index is 11.7. The number of hydrogen-bond donors (Lipinski definition) is 0. The average molecular weight is 366 g/mol. The van der Waals surface area contributed by atoms with Crippen molar-refractivity contribution in [2.45, 2.75) is 76.9 Å². The summed E-state index contributed by atoms with van der Waals surface area (Å²) >= 11 is 0. The molecular formula is C21H35NO2S. The molecule has 0 spiro atoms. The molecule has 0 aromatic heterocycles. The molecule has 1 saturated heterocycles. The largest absolute Gasteiger partial charge is 0.372 e. The Morgan fingerprint density at radius 2 is 1.48 bits per heavy atom. The Hall–Kier alpha value is -1.03. The zero-order chi connectivity index (χ0) is 18.1. The molecule has 0 unspecified atom stereocenters. The predicted octanol–water partition coefficient (Wildman–Crippen LogP) is 4.99. The van der Waals surface area contributed by atoms with Gasteiger partial charge < -0.3 is 4.90 Å². The van der Waals surface area contributed by atoms with Gasteiger partial charge in [0.15, 0.2) is 9.84 Å². The van der Waals surface area contributed by atoms with Crippen LogP contribution in [0.15, 0.2) is 24.3 Å². The van der Waals surface area contributed by atoms with Crippen molar-refractivity contribution in [1.29, 1.82) is 0 Å². The minimum absolute atomic E-state index is 0.236. The van der Waals surface area contributed by atoms with Gasteiger partial charge in [0.05, 0.1) is 11.0 Å². The molecule has 4 heteroatoms. The second-order valence-corrected chi connectivity index (χ2v) is 10.3. The Kier molecular flexibility index (Phi) is 8.28. The average Bonchev–Trinajstić information content (AvgIpc) is 2.62. The van der Waals surface area contributed by atoms with Crippen LogP contribution >= 0.6 is 0 Å². The molecular weight excluding hydrogens is 330 g/mol. The van der Waals surface area contributed by atoms with Crippen LogP contribution in [0.3, 0.4) is 0 Å². The topological polar surface area (TPSA) is 37.4 Å². The standard InChI is InChI=1S/C21H35NO2S/c1-19(2)25(23,24)18-10-5-3-4-7-11-20-12-14-21(15-13-20)22-16-8-6-9-17-22/h12-15,19H,3-11,16-18H2,1-2H3. The number of sulfone groups is 1. The lowest BCUT2D eigenvalue weighted by molar-refractivity contribution is 0.576. The van der Waals surface area contributed by atoms with Crippen molar-refractivity contribution in [3.63, 3.8) is 0 Å². The summed E-state index contributed by atoms with van der Waals surface area (Å²) in [5, 5.41) is -0.236. The van der Waals surface area contributed by atoms with Gasteiger partial charge in [-0.1, -0.05) is 31.4 Å². The van der Waals surface area contributed by atoms with E-state index in [0.29, 0.717) is 5.75 Å². The third-order valence-electron chi connectivity index (χ3n) is 5.27. The third-order valence-corrected chi connectivity index (χ3v) is 7.56. The van der Waals surface area contributed by atoms with E-state index in [-0.39, 0.29) is 5.25 Å². The Bertz CT molecular complexity index is 587. The van der Waals surface area contributed by atoms with Gasteiger partial charge in [-0.3, -0.25) is 0 Å². The highest BCUT2D eigenvalue weighted by Gasteiger charge is 2.14. The van der Waals surface area contributed by atoms with Gasteiger partial charge in [-0.15, -0.1) is 0 Å². The second-order valence-electron chi connectivity index (χ2n) is 7.65. The Balaban J connectivity index is 1.59. The molecule has 0 amide bonds. The summed E-state index contributed by atoms with van der Waals surface area (Å²) < 4.78 is 23.5. The zero-order valence-corrected chi connectivity index (χ0v) is 16.9. The molecule has 1 aliphatic heterocycles. The highest BCUT2D eigenvalue weighted by Crippen LogP contribution is 2.21. The van der Waals surface area contributed by atoms with Gasteiger partial charge in [-0.25, -0.2) is 8.42 Å². The molecule has 0 saturated carbocycles. The first-order valence-electron chi connectivity index (χ1n) is 10.0. The van der Waals surface area contributed by atoms with Gasteiger partial charge in [0.2, 0.25) is 0 Å². The lowest BCUT2D eigenvalue weighted by Crippen LogP contribution is -2.29. The number of anilines is 1. The molecule has 0 aliphatic carbocycles. The van der Waals surface area contributed by atoms with E-state index >= 15 is 0 Å². The summed E-state index contributed by atoms with van der Waals surface area (Å²) in [7, 11) is -2.85. The zero-order valence-electron chi connectivity index (χ0n) is 16.0. The van der Waals surface area contributed by atoms with Gasteiger partial charge in [0, 0.05) is 18.8 Å². The SMILES string of the molecule is CC(C)S(=O)(=O)CCCCCCCc1ccc(N2CCCCC2)cc1. The normalized spacial score (nSPS) is 15.7. The van der Waals surface area contributed by atoms with E-state index in [1.807, 2.05) is 0 Å². The van der Waals surface area contributed by atoms with Crippen molar-refractivity contribution in [3.8, 4) is 0 Å². The van der Waals surface area contributed by atoms with E-state index in [1.165, 1.54) is 56.4 Å². The van der Waals surface area contributed by atoms with Crippen molar-refractivity contribution in [3.05, 3.63) is 29.8 Å². The minimum Gasteiger partial charge on any atom is -0.372 e. The molecule has 1 heterocycles. The third kappa shape index (κ3) is 7.01. The van der Waals surface area contributed by atoms with E-state index in [1.54, 1.807) is 13.8 Å². The molecule has 3 nitrogen and oxygen atoms in total. The van der Waals surface area contributed by atoms with Gasteiger partial charge in [-0.2, -0.15) is 0 Å². The van der Waals surface area contributed by atoms with E-state index in [4.69, 9.17) is 0 Å². The summed E-state index contributed by atoms with van der Waals surface area (Å²) in [5.74, 6) is 0.350. The first kappa shape index (κ1) is 20.3. The molecule has 1 aromatic rings. The van der Waals surface area contributed by atoms with E-state index < -0.39 is 9.84 Å². The number of benzene rings is 1. The van der Waals surface area contributed by atoms with Crippen LogP contribution in [0.2, 0.25) is 0 Å². The fourth-order valence-corrected chi connectivity index (χ4v) is 4.50. The van der Waals surface area contributed by atoms with Gasteiger partial charge in [0.25, 0.3) is 0 Å². The number of hydrogen-bond acceptors (Lipinski definition) is 3. The number of piperidine rings is 1. The van der Waals surface area contributed by atoms with Crippen molar-refractivity contribution in [2.75, 3.05) is 23.7 Å². The highest BCUT2D eigenvalue weighted by molar-refractivity contribution is 7.91. The number of unbranched alkanes of at least 4 members (excludes halogenated alkanes) is 4. The summed E-state index contributed by atoms with van der Waals surface area (Å²) in [5.41, 5.74) is 2.79. The summed E-state index contributed by atoms with van der Waals surface area (Å²) in [6, 6.07) is 9.10. The number of nitrogens with zero attached hydrogens (tertiary/aromatic N) is 1. The predicted molar refractivity (Wildman–Crippen MR) is 108 cm³/mol. The van der Waals surface area contributed by atoms with Crippen molar-refractivity contribution in [1.82, 2.24) is 0 Å². The van der Waals surface area contributed by atoms with Gasteiger partial charge >= 0.3 is 0 Å². The van der Waals surface area contributed by atoms with Crippen LogP contribution in [-0.4, -0.2) is 32.5 Å². The van der Waals surface area contributed by atoms with Crippen LogP contribution in [0.5, 0.6) is 0 Å². The summed E-state index contributed by atoms with van der Waals surface area (Å²) in [6.07, 6.45) is 10.5. The second kappa shape index (κ2) is 10.2. The van der Waals surface area contributed by atoms with Crippen LogP contribution in [0.4, 0.5) is 5.69 Å². The molecule has 0 N–H and O–H groups in total. The number of rotatable bonds is 10. The van der Waals surface area contributed by atoms with Crippen LogP contribution in [-0.2, 0) is 16.3 Å². The molecule has 2 rings (SSSR count). The minimum atomic E-state index is -2.85.